The predicted octanol–water partition coefficient (Wildman–Crippen LogP) is 2.39. The van der Waals surface area contributed by atoms with E-state index < -0.39 is 0 Å². The van der Waals surface area contributed by atoms with Crippen LogP contribution in [0.1, 0.15) is 31.3 Å². The number of hydrogen-bond donors (Lipinski definition) is 1. The van der Waals surface area contributed by atoms with Crippen molar-refractivity contribution >= 4 is 16.5 Å². The van der Waals surface area contributed by atoms with Crippen LogP contribution in [0.25, 0.3) is 0 Å². The summed E-state index contributed by atoms with van der Waals surface area (Å²) in [6.07, 6.45) is 0. The Balaban J connectivity index is 2.86. The van der Waals surface area contributed by atoms with Crippen LogP contribution >= 0.6 is 11.3 Å². The van der Waals surface area contributed by atoms with E-state index in [0.29, 0.717) is 18.5 Å². The molecule has 1 atom stereocenters. The minimum atomic E-state index is 0.501. The lowest BCUT2D eigenvalue weighted by Crippen LogP contribution is -2.32. The molecule has 0 aliphatic carbocycles. The van der Waals surface area contributed by atoms with Gasteiger partial charge in [-0.1, -0.05) is 13.8 Å². The van der Waals surface area contributed by atoms with Crippen LogP contribution in [0.5, 0.6) is 0 Å². The van der Waals surface area contributed by atoms with Gasteiger partial charge in [-0.25, -0.2) is 4.98 Å². The van der Waals surface area contributed by atoms with Gasteiger partial charge >= 0.3 is 0 Å². The second-order valence-electron chi connectivity index (χ2n) is 4.30. The van der Waals surface area contributed by atoms with E-state index in [1.165, 1.54) is 4.88 Å². The number of anilines is 1. The van der Waals surface area contributed by atoms with Gasteiger partial charge in [0.25, 0.3) is 0 Å². The van der Waals surface area contributed by atoms with Crippen molar-refractivity contribution < 1.29 is 0 Å². The van der Waals surface area contributed by atoms with Crippen LogP contribution < -0.4 is 10.6 Å². The van der Waals surface area contributed by atoms with Gasteiger partial charge in [0.15, 0.2) is 5.13 Å². The second-order valence-corrected chi connectivity index (χ2v) is 5.37. The Morgan fingerprint density at radius 1 is 1.40 bits per heavy atom. The molecule has 0 aromatic carbocycles. The summed E-state index contributed by atoms with van der Waals surface area (Å²) in [7, 11) is 2.10. The third kappa shape index (κ3) is 2.69. The molecule has 0 amide bonds. The molecule has 15 heavy (non-hydrogen) atoms. The van der Waals surface area contributed by atoms with Crippen LogP contribution in [0.15, 0.2) is 0 Å². The highest BCUT2D eigenvalue weighted by Gasteiger charge is 2.17. The average molecular weight is 227 g/mol. The maximum atomic E-state index is 5.65. The highest BCUT2D eigenvalue weighted by molar-refractivity contribution is 7.15. The van der Waals surface area contributed by atoms with E-state index in [1.807, 2.05) is 6.92 Å². The normalized spacial score (nSPS) is 13.3. The third-order valence-corrected chi connectivity index (χ3v) is 4.21. The molecule has 0 fully saturated rings. The topological polar surface area (TPSA) is 42.2 Å². The number of thiazole rings is 1. The van der Waals surface area contributed by atoms with E-state index in [1.54, 1.807) is 11.3 Å². The summed E-state index contributed by atoms with van der Waals surface area (Å²) in [6.45, 7) is 9.30. The van der Waals surface area contributed by atoms with Gasteiger partial charge in [-0.2, -0.15) is 0 Å². The van der Waals surface area contributed by atoms with Crippen molar-refractivity contribution in [2.75, 3.05) is 11.9 Å². The smallest absolute Gasteiger partial charge is 0.185 e. The number of hydrogen-bond acceptors (Lipinski definition) is 4. The maximum absolute atomic E-state index is 5.65. The summed E-state index contributed by atoms with van der Waals surface area (Å²) >= 11 is 1.70. The fourth-order valence-electron chi connectivity index (χ4n) is 1.37. The van der Waals surface area contributed by atoms with Crippen molar-refractivity contribution in [1.29, 1.82) is 0 Å². The van der Waals surface area contributed by atoms with Crippen LogP contribution in [0.2, 0.25) is 0 Å². The minimum Gasteiger partial charge on any atom is -0.348 e. The molecule has 2 N–H and O–H groups in total. The zero-order valence-electron chi connectivity index (χ0n) is 10.2. The van der Waals surface area contributed by atoms with Crippen molar-refractivity contribution in [3.63, 3.8) is 0 Å². The van der Waals surface area contributed by atoms with E-state index in [2.05, 4.69) is 37.7 Å². The number of aryl methyl sites for hydroxylation is 1. The Morgan fingerprint density at radius 2 is 2.00 bits per heavy atom. The molecule has 0 radical (unpaired) electrons. The van der Waals surface area contributed by atoms with Crippen molar-refractivity contribution in [2.45, 2.75) is 40.3 Å². The van der Waals surface area contributed by atoms with Gasteiger partial charge in [0.2, 0.25) is 0 Å². The average Bonchev–Trinajstić information content (AvgIpc) is 2.57. The lowest BCUT2D eigenvalue weighted by molar-refractivity contribution is 0.505. The summed E-state index contributed by atoms with van der Waals surface area (Å²) in [5.41, 5.74) is 6.72. The van der Waals surface area contributed by atoms with E-state index in [-0.39, 0.29) is 0 Å². The Morgan fingerprint density at radius 3 is 2.40 bits per heavy atom. The highest BCUT2D eigenvalue weighted by Crippen LogP contribution is 2.27. The maximum Gasteiger partial charge on any atom is 0.185 e. The fourth-order valence-corrected chi connectivity index (χ4v) is 2.36. The monoisotopic (exact) mass is 227 g/mol. The lowest BCUT2D eigenvalue weighted by Gasteiger charge is -2.27. The number of rotatable bonds is 4. The molecule has 0 spiro atoms. The van der Waals surface area contributed by atoms with Crippen molar-refractivity contribution in [1.82, 2.24) is 4.98 Å². The van der Waals surface area contributed by atoms with Crippen LogP contribution in [-0.2, 0) is 6.54 Å². The molecule has 86 valence electrons. The molecule has 1 aromatic rings. The molecule has 1 aromatic heterocycles. The Bertz CT molecular complexity index is 320. The van der Waals surface area contributed by atoms with Crippen molar-refractivity contribution in [3.05, 3.63) is 10.6 Å². The first-order valence-electron chi connectivity index (χ1n) is 5.36. The molecular weight excluding hydrogens is 206 g/mol. The van der Waals surface area contributed by atoms with E-state index in [0.717, 1.165) is 10.8 Å². The summed E-state index contributed by atoms with van der Waals surface area (Å²) in [4.78, 5) is 7.97. The first kappa shape index (κ1) is 12.5. The first-order valence-corrected chi connectivity index (χ1v) is 6.18. The van der Waals surface area contributed by atoms with Crippen molar-refractivity contribution in [2.24, 2.45) is 11.7 Å². The minimum absolute atomic E-state index is 0.501. The molecule has 0 aliphatic heterocycles. The molecule has 1 heterocycles. The standard InChI is InChI=1S/C11H21N3S/c1-7(2)9(4)14(5)11-13-8(3)10(6-12)15-11/h7,9H,6,12H2,1-5H3. The first-order chi connectivity index (χ1) is 6.97. The Labute approximate surface area is 96.3 Å². The van der Waals surface area contributed by atoms with Crippen LogP contribution in [-0.4, -0.2) is 18.1 Å². The lowest BCUT2D eigenvalue weighted by atomic mass is 10.1. The number of nitrogens with zero attached hydrogens (tertiary/aromatic N) is 2. The fraction of sp³-hybridized carbons (Fsp3) is 0.727. The van der Waals surface area contributed by atoms with Crippen LogP contribution in [0.4, 0.5) is 5.13 Å². The summed E-state index contributed by atoms with van der Waals surface area (Å²) < 4.78 is 0. The van der Waals surface area contributed by atoms with Gasteiger partial charge in [0, 0.05) is 24.5 Å². The molecular formula is C11H21N3S. The number of nitrogens with two attached hydrogens (primary N) is 1. The van der Waals surface area contributed by atoms with Gasteiger partial charge in [-0.3, -0.25) is 0 Å². The van der Waals surface area contributed by atoms with Crippen LogP contribution in [0, 0.1) is 12.8 Å². The van der Waals surface area contributed by atoms with Gasteiger partial charge < -0.3 is 10.6 Å². The molecule has 0 saturated carbocycles. The molecule has 3 nitrogen and oxygen atoms in total. The molecule has 0 aliphatic rings. The zero-order valence-corrected chi connectivity index (χ0v) is 11.1. The Kier molecular flexibility index (Phi) is 4.11. The summed E-state index contributed by atoms with van der Waals surface area (Å²) in [6, 6.07) is 0.501. The van der Waals surface area contributed by atoms with Gasteiger partial charge in [-0.15, -0.1) is 11.3 Å². The molecule has 0 bridgehead atoms. The van der Waals surface area contributed by atoms with Crippen molar-refractivity contribution in [3.8, 4) is 0 Å². The quantitative estimate of drug-likeness (QED) is 0.859. The molecule has 0 saturated heterocycles. The number of aromatic nitrogens is 1. The van der Waals surface area contributed by atoms with Gasteiger partial charge in [0.1, 0.15) is 0 Å². The second kappa shape index (κ2) is 4.94. The van der Waals surface area contributed by atoms with E-state index in [4.69, 9.17) is 5.73 Å². The SMILES string of the molecule is Cc1nc(N(C)C(C)C(C)C)sc1CN. The Hall–Kier alpha value is -0.610. The summed E-state index contributed by atoms with van der Waals surface area (Å²) in [5.74, 6) is 0.625. The third-order valence-electron chi connectivity index (χ3n) is 2.94. The highest BCUT2D eigenvalue weighted by atomic mass is 32.1. The largest absolute Gasteiger partial charge is 0.348 e. The van der Waals surface area contributed by atoms with Gasteiger partial charge in [-0.05, 0) is 19.8 Å². The van der Waals surface area contributed by atoms with Gasteiger partial charge in [0.05, 0.1) is 5.69 Å². The summed E-state index contributed by atoms with van der Waals surface area (Å²) in [5, 5.41) is 1.08. The van der Waals surface area contributed by atoms with E-state index in [9.17, 15) is 0 Å². The zero-order chi connectivity index (χ0) is 11.6. The predicted molar refractivity (Wildman–Crippen MR) is 67.4 cm³/mol. The molecule has 1 rings (SSSR count). The van der Waals surface area contributed by atoms with Crippen LogP contribution in [0.3, 0.4) is 0 Å². The molecule has 1 unspecified atom stereocenters. The molecule has 4 heteroatoms. The van der Waals surface area contributed by atoms with E-state index >= 15 is 0 Å².